The molecule has 3 rings (SSSR count). The minimum absolute atomic E-state index is 0.00398. The largest absolute Gasteiger partial charge is 0.460 e. The van der Waals surface area contributed by atoms with Crippen LogP contribution in [0, 0.1) is 5.82 Å². The fourth-order valence-electron chi connectivity index (χ4n) is 3.25. The molecule has 0 fully saturated rings. The number of fused-ring (bicyclic) bond motifs is 1. The van der Waals surface area contributed by atoms with Crippen LogP contribution in [0.4, 0.5) is 4.39 Å². The van der Waals surface area contributed by atoms with Gasteiger partial charge in [0.05, 0.1) is 12.6 Å². The summed E-state index contributed by atoms with van der Waals surface area (Å²) in [5, 5.41) is 6.70. The maximum absolute atomic E-state index is 13.8. The number of carbonyl (C=O) groups is 1. The van der Waals surface area contributed by atoms with E-state index in [4.69, 9.17) is 17.0 Å². The second kappa shape index (κ2) is 9.46. The summed E-state index contributed by atoms with van der Waals surface area (Å²) >= 11 is 5.30. The van der Waals surface area contributed by atoms with Gasteiger partial charge in [0.25, 0.3) is 0 Å². The Bertz CT molecular complexity index is 883. The molecule has 1 atom stereocenters. The van der Waals surface area contributed by atoms with E-state index in [9.17, 15) is 9.18 Å². The molecule has 2 aromatic rings. The van der Waals surface area contributed by atoms with Gasteiger partial charge < -0.3 is 15.4 Å². The van der Waals surface area contributed by atoms with Gasteiger partial charge in [0.1, 0.15) is 12.4 Å². The van der Waals surface area contributed by atoms with Crippen LogP contribution in [0.15, 0.2) is 54.1 Å². The minimum Gasteiger partial charge on any atom is -0.460 e. The number of hydrogen-bond acceptors (Lipinski definition) is 3. The van der Waals surface area contributed by atoms with Crippen LogP contribution in [-0.4, -0.2) is 24.2 Å². The predicted octanol–water partition coefficient (Wildman–Crippen LogP) is 3.92. The summed E-state index contributed by atoms with van der Waals surface area (Å²) in [6.07, 6.45) is 3.29. The maximum atomic E-state index is 13.8. The molecule has 0 saturated carbocycles. The lowest BCUT2D eigenvalue weighted by Gasteiger charge is -2.17. The van der Waals surface area contributed by atoms with Gasteiger partial charge in [0, 0.05) is 5.57 Å². The monoisotopic (exact) mass is 398 g/mol. The van der Waals surface area contributed by atoms with E-state index in [1.54, 1.807) is 19.1 Å². The fraction of sp³-hybridized carbons (Fsp3) is 0.273. The number of rotatable bonds is 6. The van der Waals surface area contributed by atoms with E-state index >= 15 is 0 Å². The molecule has 0 aliphatic heterocycles. The van der Waals surface area contributed by atoms with Crippen molar-refractivity contribution in [3.8, 4) is 0 Å². The van der Waals surface area contributed by atoms with Crippen LogP contribution >= 0.6 is 12.2 Å². The molecule has 2 N–H and O–H groups in total. The van der Waals surface area contributed by atoms with Crippen LogP contribution in [0.2, 0.25) is 0 Å². The third-order valence-electron chi connectivity index (χ3n) is 4.64. The van der Waals surface area contributed by atoms with Gasteiger partial charge >= 0.3 is 5.97 Å². The summed E-state index contributed by atoms with van der Waals surface area (Å²) < 4.78 is 19.1. The zero-order chi connectivity index (χ0) is 19.9. The molecule has 1 unspecified atom stereocenters. The maximum Gasteiger partial charge on any atom is 0.333 e. The topological polar surface area (TPSA) is 50.4 Å². The average Bonchev–Trinajstić information content (AvgIpc) is 3.10. The lowest BCUT2D eigenvalue weighted by molar-refractivity contribution is -0.138. The Balaban J connectivity index is 1.40. The van der Waals surface area contributed by atoms with Crippen LogP contribution in [0.3, 0.4) is 0 Å². The van der Waals surface area contributed by atoms with Crippen molar-refractivity contribution in [3.05, 3.63) is 76.6 Å². The van der Waals surface area contributed by atoms with Crippen LogP contribution in [-0.2, 0) is 16.0 Å². The van der Waals surface area contributed by atoms with E-state index in [0.717, 1.165) is 23.1 Å². The molecule has 6 heteroatoms. The quantitative estimate of drug-likeness (QED) is 0.334. The molecular formula is C22H23FN2O2S. The van der Waals surface area contributed by atoms with E-state index < -0.39 is 0 Å². The second-order valence-corrected chi connectivity index (χ2v) is 7.08. The van der Waals surface area contributed by atoms with Crippen LogP contribution in [0.25, 0.3) is 6.08 Å². The van der Waals surface area contributed by atoms with E-state index in [2.05, 4.69) is 10.6 Å². The standard InChI is InChI=1S/C22H23FN2O2S/c1-15(14-16-6-3-2-4-7-16)21(26)27-13-12-24-22(28)25-20-11-10-17-18(20)8-5-9-19(17)23/h2-9,14,20H,10-13H2,1H3,(H2,24,25,28). The number of esters is 1. The highest BCUT2D eigenvalue weighted by Crippen LogP contribution is 2.32. The van der Waals surface area contributed by atoms with Crippen molar-refractivity contribution in [2.75, 3.05) is 13.2 Å². The molecule has 1 aliphatic rings. The van der Waals surface area contributed by atoms with Gasteiger partial charge in [0.2, 0.25) is 0 Å². The van der Waals surface area contributed by atoms with Gasteiger partial charge in [-0.15, -0.1) is 0 Å². The molecule has 0 bridgehead atoms. The molecule has 0 spiro atoms. The molecule has 0 radical (unpaired) electrons. The van der Waals surface area contributed by atoms with Crippen molar-refractivity contribution in [2.24, 2.45) is 0 Å². The molecule has 2 aromatic carbocycles. The van der Waals surface area contributed by atoms with E-state index in [-0.39, 0.29) is 24.4 Å². The molecule has 146 valence electrons. The Labute approximate surface area is 169 Å². The molecule has 0 aromatic heterocycles. The summed E-state index contributed by atoms with van der Waals surface area (Å²) in [5.41, 5.74) is 3.21. The smallest absolute Gasteiger partial charge is 0.333 e. The Morgan fingerprint density at radius 1 is 1.25 bits per heavy atom. The van der Waals surface area contributed by atoms with Crippen LogP contribution < -0.4 is 10.6 Å². The molecule has 0 saturated heterocycles. The predicted molar refractivity (Wildman–Crippen MR) is 112 cm³/mol. The molecule has 0 heterocycles. The Morgan fingerprint density at radius 2 is 2.04 bits per heavy atom. The summed E-state index contributed by atoms with van der Waals surface area (Å²) in [5.74, 6) is -0.517. The van der Waals surface area contributed by atoms with Crippen molar-refractivity contribution in [1.29, 1.82) is 0 Å². The van der Waals surface area contributed by atoms with Gasteiger partial charge in [-0.1, -0.05) is 42.5 Å². The SMILES string of the molecule is CC(=Cc1ccccc1)C(=O)OCCNC(=S)NC1CCc2c(F)cccc21. The highest BCUT2D eigenvalue weighted by atomic mass is 32.1. The Kier molecular flexibility index (Phi) is 6.76. The second-order valence-electron chi connectivity index (χ2n) is 6.67. The van der Waals surface area contributed by atoms with Crippen molar-refractivity contribution in [1.82, 2.24) is 10.6 Å². The summed E-state index contributed by atoms with van der Waals surface area (Å²) in [4.78, 5) is 12.0. The van der Waals surface area contributed by atoms with Gasteiger partial charge in [-0.25, -0.2) is 9.18 Å². The van der Waals surface area contributed by atoms with E-state index in [1.807, 2.05) is 36.4 Å². The Morgan fingerprint density at radius 3 is 2.82 bits per heavy atom. The van der Waals surface area contributed by atoms with Gasteiger partial charge in [0.15, 0.2) is 5.11 Å². The number of ether oxygens (including phenoxy) is 1. The first-order valence-corrected chi connectivity index (χ1v) is 9.67. The number of thiocarbonyl (C=S) groups is 1. The first-order valence-electron chi connectivity index (χ1n) is 9.26. The van der Waals surface area contributed by atoms with E-state index in [0.29, 0.717) is 23.7 Å². The molecular weight excluding hydrogens is 375 g/mol. The minimum atomic E-state index is -0.357. The number of hydrogen-bond donors (Lipinski definition) is 2. The first kappa shape index (κ1) is 20.0. The third-order valence-corrected chi connectivity index (χ3v) is 4.91. The average molecular weight is 399 g/mol. The van der Waals surface area contributed by atoms with Gasteiger partial charge in [-0.2, -0.15) is 0 Å². The highest BCUT2D eigenvalue weighted by molar-refractivity contribution is 7.80. The van der Waals surface area contributed by atoms with Gasteiger partial charge in [-0.05, 0) is 60.8 Å². The first-order chi connectivity index (χ1) is 13.5. The molecule has 4 nitrogen and oxygen atoms in total. The molecule has 28 heavy (non-hydrogen) atoms. The Hall–Kier alpha value is -2.73. The summed E-state index contributed by atoms with van der Waals surface area (Å²) in [6, 6.07) is 14.7. The zero-order valence-electron chi connectivity index (χ0n) is 15.7. The van der Waals surface area contributed by atoms with Crippen molar-refractivity contribution in [3.63, 3.8) is 0 Å². The lowest BCUT2D eigenvalue weighted by Crippen LogP contribution is -2.38. The third kappa shape index (κ3) is 5.16. The number of nitrogens with one attached hydrogen (secondary N) is 2. The van der Waals surface area contributed by atoms with Crippen molar-refractivity contribution >= 4 is 29.4 Å². The number of halogens is 1. The highest BCUT2D eigenvalue weighted by Gasteiger charge is 2.25. The normalized spacial score (nSPS) is 15.6. The fourth-order valence-corrected chi connectivity index (χ4v) is 3.49. The molecule has 0 amide bonds. The van der Waals surface area contributed by atoms with Gasteiger partial charge in [-0.3, -0.25) is 0 Å². The summed E-state index contributed by atoms with van der Waals surface area (Å²) in [6.45, 7) is 2.33. The number of carbonyl (C=O) groups excluding carboxylic acids is 1. The van der Waals surface area contributed by atoms with Crippen LogP contribution in [0.1, 0.15) is 36.1 Å². The van der Waals surface area contributed by atoms with Crippen molar-refractivity contribution in [2.45, 2.75) is 25.8 Å². The zero-order valence-corrected chi connectivity index (χ0v) is 16.5. The van der Waals surface area contributed by atoms with Crippen molar-refractivity contribution < 1.29 is 13.9 Å². The van der Waals surface area contributed by atoms with E-state index in [1.165, 1.54) is 6.07 Å². The molecule has 1 aliphatic carbocycles. The summed E-state index contributed by atoms with van der Waals surface area (Å²) in [7, 11) is 0. The lowest BCUT2D eigenvalue weighted by atomic mass is 10.1. The van der Waals surface area contributed by atoms with Crippen LogP contribution in [0.5, 0.6) is 0 Å². The number of benzene rings is 2.